The van der Waals surface area contributed by atoms with E-state index in [0.717, 1.165) is 32.2 Å². The Bertz CT molecular complexity index is 242. The zero-order valence-electron chi connectivity index (χ0n) is 11.5. The van der Waals surface area contributed by atoms with Gasteiger partial charge in [0.1, 0.15) is 0 Å². The van der Waals surface area contributed by atoms with Crippen LogP contribution >= 0.6 is 0 Å². The fraction of sp³-hybridized carbons (Fsp3) is 0.846. The van der Waals surface area contributed by atoms with Gasteiger partial charge in [0.2, 0.25) is 11.8 Å². The minimum absolute atomic E-state index is 0.0137. The van der Waals surface area contributed by atoms with E-state index in [9.17, 15) is 9.59 Å². The molecular weight excluding hydrogens is 216 g/mol. The van der Waals surface area contributed by atoms with Crippen molar-refractivity contribution in [1.82, 2.24) is 10.6 Å². The lowest BCUT2D eigenvalue weighted by Gasteiger charge is -2.16. The van der Waals surface area contributed by atoms with E-state index in [1.54, 1.807) is 7.05 Å². The van der Waals surface area contributed by atoms with Gasteiger partial charge in [0.05, 0.1) is 0 Å². The minimum Gasteiger partial charge on any atom is -0.359 e. The summed E-state index contributed by atoms with van der Waals surface area (Å²) in [5, 5.41) is 5.54. The van der Waals surface area contributed by atoms with Crippen molar-refractivity contribution in [3.05, 3.63) is 0 Å². The molecule has 0 rings (SSSR count). The maximum atomic E-state index is 11.6. The van der Waals surface area contributed by atoms with Crippen molar-refractivity contribution in [1.29, 1.82) is 0 Å². The normalized spacial score (nSPS) is 13.9. The molecule has 0 fully saturated rings. The summed E-state index contributed by atoms with van der Waals surface area (Å²) in [5.74, 6) is 0.189. The minimum atomic E-state index is -0.0137. The monoisotopic (exact) mass is 242 g/mol. The second-order valence-corrected chi connectivity index (χ2v) is 4.49. The van der Waals surface area contributed by atoms with Gasteiger partial charge in [0, 0.05) is 25.4 Å². The van der Waals surface area contributed by atoms with E-state index in [2.05, 4.69) is 10.6 Å². The summed E-state index contributed by atoms with van der Waals surface area (Å²) in [6.07, 6.45) is 3.32. The molecule has 2 atom stereocenters. The zero-order chi connectivity index (χ0) is 13.3. The van der Waals surface area contributed by atoms with Crippen molar-refractivity contribution in [2.75, 3.05) is 13.6 Å². The van der Waals surface area contributed by atoms with E-state index in [1.807, 2.05) is 20.8 Å². The third-order valence-electron chi connectivity index (χ3n) is 3.05. The van der Waals surface area contributed by atoms with Crippen molar-refractivity contribution in [3.8, 4) is 0 Å². The summed E-state index contributed by atoms with van der Waals surface area (Å²) in [6, 6.07) is 0. The highest BCUT2D eigenvalue weighted by atomic mass is 16.2. The first-order chi connectivity index (χ1) is 8.06. The number of hydrogen-bond acceptors (Lipinski definition) is 2. The molecular formula is C13H26N2O2. The standard InChI is InChI=1S/C13H26N2O2/c1-5-9-15-12(16)10(3)7-8-11(6-2)13(17)14-4/h10-11H,5-9H2,1-4H3,(H,14,17)(H,15,16). The molecule has 100 valence electrons. The van der Waals surface area contributed by atoms with Gasteiger partial charge in [-0.25, -0.2) is 0 Å². The van der Waals surface area contributed by atoms with Gasteiger partial charge in [0.15, 0.2) is 0 Å². The van der Waals surface area contributed by atoms with Crippen LogP contribution in [-0.2, 0) is 9.59 Å². The van der Waals surface area contributed by atoms with E-state index < -0.39 is 0 Å². The van der Waals surface area contributed by atoms with Crippen LogP contribution in [-0.4, -0.2) is 25.4 Å². The van der Waals surface area contributed by atoms with Crippen LogP contribution in [0.15, 0.2) is 0 Å². The molecule has 0 aliphatic rings. The van der Waals surface area contributed by atoms with Gasteiger partial charge in [0.25, 0.3) is 0 Å². The highest BCUT2D eigenvalue weighted by Crippen LogP contribution is 2.16. The first kappa shape index (κ1) is 15.9. The lowest BCUT2D eigenvalue weighted by molar-refractivity contribution is -0.127. The Balaban J connectivity index is 3.99. The van der Waals surface area contributed by atoms with Crippen LogP contribution in [0.3, 0.4) is 0 Å². The average molecular weight is 242 g/mol. The van der Waals surface area contributed by atoms with Crippen molar-refractivity contribution in [2.45, 2.75) is 46.5 Å². The van der Waals surface area contributed by atoms with Crippen LogP contribution in [0.4, 0.5) is 0 Å². The molecule has 17 heavy (non-hydrogen) atoms. The van der Waals surface area contributed by atoms with Gasteiger partial charge in [-0.3, -0.25) is 9.59 Å². The lowest BCUT2D eigenvalue weighted by atomic mass is 9.94. The van der Waals surface area contributed by atoms with E-state index in [1.165, 1.54) is 0 Å². The quantitative estimate of drug-likeness (QED) is 0.680. The molecule has 0 heterocycles. The van der Waals surface area contributed by atoms with Crippen LogP contribution < -0.4 is 10.6 Å². The SMILES string of the molecule is CCCNC(=O)C(C)CCC(CC)C(=O)NC. The Hall–Kier alpha value is -1.06. The second kappa shape index (κ2) is 9.02. The molecule has 4 nitrogen and oxygen atoms in total. The van der Waals surface area contributed by atoms with E-state index in [-0.39, 0.29) is 23.7 Å². The van der Waals surface area contributed by atoms with Gasteiger partial charge >= 0.3 is 0 Å². The number of carbonyl (C=O) groups is 2. The van der Waals surface area contributed by atoms with Gasteiger partial charge in [-0.15, -0.1) is 0 Å². The molecule has 2 unspecified atom stereocenters. The summed E-state index contributed by atoms with van der Waals surface area (Å²) >= 11 is 0. The molecule has 0 spiro atoms. The highest BCUT2D eigenvalue weighted by Gasteiger charge is 2.18. The third kappa shape index (κ3) is 6.29. The molecule has 0 aliphatic carbocycles. The predicted molar refractivity (Wildman–Crippen MR) is 69.5 cm³/mol. The van der Waals surface area contributed by atoms with Crippen molar-refractivity contribution < 1.29 is 9.59 Å². The predicted octanol–water partition coefficient (Wildman–Crippen LogP) is 1.70. The molecule has 0 saturated carbocycles. The summed E-state index contributed by atoms with van der Waals surface area (Å²) in [5.41, 5.74) is 0. The lowest BCUT2D eigenvalue weighted by Crippen LogP contribution is -2.31. The van der Waals surface area contributed by atoms with Gasteiger partial charge in [-0.2, -0.15) is 0 Å². The molecule has 0 aromatic heterocycles. The Morgan fingerprint density at radius 1 is 1.12 bits per heavy atom. The van der Waals surface area contributed by atoms with Crippen LogP contribution in [0.5, 0.6) is 0 Å². The van der Waals surface area contributed by atoms with Crippen LogP contribution in [0, 0.1) is 11.8 Å². The van der Waals surface area contributed by atoms with Crippen molar-refractivity contribution >= 4 is 11.8 Å². The number of carbonyl (C=O) groups excluding carboxylic acids is 2. The van der Waals surface area contributed by atoms with Crippen molar-refractivity contribution in [3.63, 3.8) is 0 Å². The molecule has 0 aromatic carbocycles. The van der Waals surface area contributed by atoms with Crippen molar-refractivity contribution in [2.24, 2.45) is 11.8 Å². The molecule has 0 aliphatic heterocycles. The smallest absolute Gasteiger partial charge is 0.222 e. The second-order valence-electron chi connectivity index (χ2n) is 4.49. The summed E-state index contributed by atoms with van der Waals surface area (Å²) in [6.45, 7) is 6.68. The molecule has 2 N–H and O–H groups in total. The average Bonchev–Trinajstić information content (AvgIpc) is 2.35. The summed E-state index contributed by atoms with van der Waals surface area (Å²) < 4.78 is 0. The summed E-state index contributed by atoms with van der Waals surface area (Å²) in [4.78, 5) is 23.1. The van der Waals surface area contributed by atoms with Crippen LogP contribution in [0.1, 0.15) is 46.5 Å². The van der Waals surface area contributed by atoms with Crippen LogP contribution in [0.25, 0.3) is 0 Å². The Morgan fingerprint density at radius 3 is 2.24 bits per heavy atom. The number of rotatable bonds is 8. The Kier molecular flexibility index (Phi) is 8.46. The molecule has 0 aromatic rings. The number of nitrogens with one attached hydrogen (secondary N) is 2. The van der Waals surface area contributed by atoms with Gasteiger partial charge < -0.3 is 10.6 Å². The largest absolute Gasteiger partial charge is 0.359 e. The Morgan fingerprint density at radius 2 is 1.76 bits per heavy atom. The molecule has 0 bridgehead atoms. The molecule has 2 amide bonds. The van der Waals surface area contributed by atoms with E-state index >= 15 is 0 Å². The maximum Gasteiger partial charge on any atom is 0.222 e. The summed E-state index contributed by atoms with van der Waals surface area (Å²) in [7, 11) is 1.66. The first-order valence-electron chi connectivity index (χ1n) is 6.56. The van der Waals surface area contributed by atoms with E-state index in [4.69, 9.17) is 0 Å². The van der Waals surface area contributed by atoms with Gasteiger partial charge in [-0.1, -0.05) is 20.8 Å². The number of hydrogen-bond donors (Lipinski definition) is 2. The molecule has 0 radical (unpaired) electrons. The van der Waals surface area contributed by atoms with Gasteiger partial charge in [-0.05, 0) is 25.7 Å². The Labute approximate surface area is 105 Å². The first-order valence-corrected chi connectivity index (χ1v) is 6.56. The zero-order valence-corrected chi connectivity index (χ0v) is 11.5. The van der Waals surface area contributed by atoms with E-state index in [0.29, 0.717) is 0 Å². The molecule has 0 saturated heterocycles. The topological polar surface area (TPSA) is 58.2 Å². The number of amides is 2. The van der Waals surface area contributed by atoms with Crippen LogP contribution in [0.2, 0.25) is 0 Å². The molecule has 4 heteroatoms. The third-order valence-corrected chi connectivity index (χ3v) is 3.05. The highest BCUT2D eigenvalue weighted by molar-refractivity contribution is 5.79. The fourth-order valence-electron chi connectivity index (χ4n) is 1.73. The maximum absolute atomic E-state index is 11.6. The fourth-order valence-corrected chi connectivity index (χ4v) is 1.73.